The quantitative estimate of drug-likeness (QED) is 0.537. The molecule has 13 heavy (non-hydrogen) atoms. The average Bonchev–Trinajstić information content (AvgIpc) is 2.12. The van der Waals surface area contributed by atoms with Gasteiger partial charge in [0, 0.05) is 12.5 Å². The van der Waals surface area contributed by atoms with Gasteiger partial charge in [0.25, 0.3) is 0 Å². The first kappa shape index (κ1) is 9.93. The van der Waals surface area contributed by atoms with Crippen LogP contribution < -0.4 is 0 Å². The predicted octanol–water partition coefficient (Wildman–Crippen LogP) is 4.97. The van der Waals surface area contributed by atoms with E-state index in [9.17, 15) is 0 Å². The van der Waals surface area contributed by atoms with Crippen LogP contribution in [0.25, 0.3) is 10.8 Å². The standard InChI is InChI=1S/C10H5Br2I/c11-6-1-2-7-8(5-6)10(13)4-3-9(7)12/h1-5H. The van der Waals surface area contributed by atoms with Crippen LogP contribution in [-0.2, 0) is 0 Å². The monoisotopic (exact) mass is 410 g/mol. The fraction of sp³-hybridized carbons (Fsp3) is 0. The summed E-state index contributed by atoms with van der Waals surface area (Å²) in [6, 6.07) is 10.5. The van der Waals surface area contributed by atoms with Crippen LogP contribution in [0, 0.1) is 3.57 Å². The highest BCUT2D eigenvalue weighted by Crippen LogP contribution is 2.29. The zero-order valence-electron chi connectivity index (χ0n) is 6.52. The number of rotatable bonds is 0. The van der Waals surface area contributed by atoms with Gasteiger partial charge in [-0.2, -0.15) is 0 Å². The molecule has 0 aliphatic heterocycles. The normalized spacial score (nSPS) is 10.7. The van der Waals surface area contributed by atoms with Crippen LogP contribution in [0.15, 0.2) is 39.3 Å². The molecule has 0 bridgehead atoms. The first-order valence-electron chi connectivity index (χ1n) is 3.72. The summed E-state index contributed by atoms with van der Waals surface area (Å²) in [7, 11) is 0. The molecule has 0 fully saturated rings. The highest BCUT2D eigenvalue weighted by molar-refractivity contribution is 14.1. The molecule has 0 unspecified atom stereocenters. The molecule has 0 aliphatic carbocycles. The van der Waals surface area contributed by atoms with Crippen LogP contribution in [0.2, 0.25) is 0 Å². The Bertz CT molecular complexity index is 466. The van der Waals surface area contributed by atoms with Crippen molar-refractivity contribution in [3.05, 3.63) is 42.8 Å². The van der Waals surface area contributed by atoms with Crippen molar-refractivity contribution in [1.29, 1.82) is 0 Å². The second kappa shape index (κ2) is 3.87. The molecule has 66 valence electrons. The summed E-state index contributed by atoms with van der Waals surface area (Å²) in [5.41, 5.74) is 0. The average molecular weight is 412 g/mol. The lowest BCUT2D eigenvalue weighted by Gasteiger charge is -2.03. The predicted molar refractivity (Wildman–Crippen MR) is 72.1 cm³/mol. The van der Waals surface area contributed by atoms with Gasteiger partial charge in [-0.3, -0.25) is 0 Å². The summed E-state index contributed by atoms with van der Waals surface area (Å²) in [6.45, 7) is 0. The third kappa shape index (κ3) is 1.92. The van der Waals surface area contributed by atoms with Gasteiger partial charge in [0.05, 0.1) is 0 Å². The van der Waals surface area contributed by atoms with Crippen LogP contribution in [0.4, 0.5) is 0 Å². The minimum absolute atomic E-state index is 1.12. The van der Waals surface area contributed by atoms with E-state index in [-0.39, 0.29) is 0 Å². The Morgan fingerprint density at radius 1 is 0.923 bits per heavy atom. The van der Waals surface area contributed by atoms with Gasteiger partial charge in [0.2, 0.25) is 0 Å². The van der Waals surface area contributed by atoms with Gasteiger partial charge in [0.15, 0.2) is 0 Å². The van der Waals surface area contributed by atoms with Gasteiger partial charge in [-0.25, -0.2) is 0 Å². The maximum absolute atomic E-state index is 3.54. The molecule has 3 heteroatoms. The lowest BCUT2D eigenvalue weighted by molar-refractivity contribution is 1.64. The first-order chi connectivity index (χ1) is 6.18. The summed E-state index contributed by atoms with van der Waals surface area (Å²) >= 11 is 9.36. The Morgan fingerprint density at radius 2 is 1.69 bits per heavy atom. The summed E-state index contributed by atoms with van der Waals surface area (Å²) in [5, 5.41) is 2.54. The molecule has 0 radical (unpaired) electrons. The molecular weight excluding hydrogens is 407 g/mol. The lowest BCUT2D eigenvalue weighted by Crippen LogP contribution is -1.79. The van der Waals surface area contributed by atoms with Crippen molar-refractivity contribution in [2.45, 2.75) is 0 Å². The largest absolute Gasteiger partial charge is 0.0521 e. The zero-order chi connectivity index (χ0) is 9.42. The van der Waals surface area contributed by atoms with Crippen LogP contribution in [-0.4, -0.2) is 0 Å². The maximum Gasteiger partial charge on any atom is 0.0254 e. The third-order valence-corrected chi connectivity index (χ3v) is 4.00. The van der Waals surface area contributed by atoms with Crippen molar-refractivity contribution in [2.75, 3.05) is 0 Å². The SMILES string of the molecule is Brc1ccc2c(Br)ccc(I)c2c1. The van der Waals surface area contributed by atoms with Crippen LogP contribution in [0.5, 0.6) is 0 Å². The van der Waals surface area contributed by atoms with E-state index in [0.29, 0.717) is 0 Å². The van der Waals surface area contributed by atoms with E-state index < -0.39 is 0 Å². The van der Waals surface area contributed by atoms with Crippen molar-refractivity contribution >= 4 is 65.2 Å². The van der Waals surface area contributed by atoms with Crippen molar-refractivity contribution < 1.29 is 0 Å². The molecule has 0 atom stereocenters. The van der Waals surface area contributed by atoms with E-state index >= 15 is 0 Å². The number of fused-ring (bicyclic) bond motifs is 1. The highest BCUT2D eigenvalue weighted by Gasteiger charge is 2.02. The summed E-state index contributed by atoms with van der Waals surface area (Å²) < 4.78 is 3.54. The van der Waals surface area contributed by atoms with Crippen LogP contribution >= 0.6 is 54.5 Å². The Balaban J connectivity index is 2.92. The molecule has 0 nitrogen and oxygen atoms in total. The van der Waals surface area contributed by atoms with Gasteiger partial charge >= 0.3 is 0 Å². The van der Waals surface area contributed by atoms with E-state index in [4.69, 9.17) is 0 Å². The second-order valence-corrected chi connectivity index (χ2v) is 5.65. The number of hydrogen-bond acceptors (Lipinski definition) is 0. The highest BCUT2D eigenvalue weighted by atomic mass is 127. The Labute approximate surface area is 107 Å². The number of halogens is 3. The molecule has 0 saturated heterocycles. The molecule has 0 amide bonds. The van der Waals surface area contributed by atoms with E-state index in [0.717, 1.165) is 8.95 Å². The first-order valence-corrected chi connectivity index (χ1v) is 6.38. The van der Waals surface area contributed by atoms with Gasteiger partial charge < -0.3 is 0 Å². The number of benzene rings is 2. The third-order valence-electron chi connectivity index (χ3n) is 1.87. The maximum atomic E-state index is 3.54. The molecule has 2 aromatic rings. The van der Waals surface area contributed by atoms with E-state index in [1.54, 1.807) is 0 Å². The molecule has 0 aromatic heterocycles. The molecule has 0 N–H and O–H groups in total. The molecule has 0 aliphatic rings. The fourth-order valence-electron chi connectivity index (χ4n) is 1.25. The summed E-state index contributed by atoms with van der Waals surface area (Å²) in [4.78, 5) is 0. The second-order valence-electron chi connectivity index (χ2n) is 2.72. The smallest absolute Gasteiger partial charge is 0.0254 e. The van der Waals surface area contributed by atoms with Gasteiger partial charge in [-0.15, -0.1) is 0 Å². The lowest BCUT2D eigenvalue weighted by atomic mass is 10.1. The van der Waals surface area contributed by atoms with E-state index in [2.05, 4.69) is 84.8 Å². The summed E-state index contributed by atoms with van der Waals surface area (Å²) in [6.07, 6.45) is 0. The van der Waals surface area contributed by atoms with Gasteiger partial charge in [-0.1, -0.05) is 37.9 Å². The topological polar surface area (TPSA) is 0 Å². The minimum atomic E-state index is 1.12. The van der Waals surface area contributed by atoms with E-state index in [1.165, 1.54) is 14.3 Å². The molecule has 0 heterocycles. The molecule has 0 saturated carbocycles. The van der Waals surface area contributed by atoms with Crippen molar-refractivity contribution in [1.82, 2.24) is 0 Å². The van der Waals surface area contributed by atoms with E-state index in [1.807, 2.05) is 0 Å². The number of hydrogen-bond donors (Lipinski definition) is 0. The van der Waals surface area contributed by atoms with Crippen molar-refractivity contribution in [3.63, 3.8) is 0 Å². The Morgan fingerprint density at radius 3 is 2.46 bits per heavy atom. The summed E-state index contributed by atoms with van der Waals surface area (Å²) in [5.74, 6) is 0. The van der Waals surface area contributed by atoms with Crippen molar-refractivity contribution in [2.24, 2.45) is 0 Å². The van der Waals surface area contributed by atoms with Crippen molar-refractivity contribution in [3.8, 4) is 0 Å². The minimum Gasteiger partial charge on any atom is -0.0521 e. The molecular formula is C10H5Br2I. The Hall–Kier alpha value is 0.390. The fourth-order valence-corrected chi connectivity index (χ4v) is 2.71. The molecule has 2 rings (SSSR count). The zero-order valence-corrected chi connectivity index (χ0v) is 11.9. The molecule has 2 aromatic carbocycles. The van der Waals surface area contributed by atoms with Crippen LogP contribution in [0.1, 0.15) is 0 Å². The van der Waals surface area contributed by atoms with Crippen LogP contribution in [0.3, 0.4) is 0 Å². The molecule has 0 spiro atoms. The van der Waals surface area contributed by atoms with Gasteiger partial charge in [-0.05, 0) is 57.6 Å². The Kier molecular flexibility index (Phi) is 2.95. The van der Waals surface area contributed by atoms with Gasteiger partial charge in [0.1, 0.15) is 0 Å².